The molecule has 0 aliphatic heterocycles. The number of aromatic nitrogens is 1. The van der Waals surface area contributed by atoms with Crippen molar-refractivity contribution >= 4 is 11.7 Å². The van der Waals surface area contributed by atoms with E-state index in [0.29, 0.717) is 17.5 Å². The van der Waals surface area contributed by atoms with E-state index in [4.69, 9.17) is 0 Å². The van der Waals surface area contributed by atoms with Gasteiger partial charge in [0.05, 0.1) is 0 Å². The van der Waals surface area contributed by atoms with Crippen LogP contribution in [-0.2, 0) is 0 Å². The number of pyridine rings is 1. The number of nitrogens with one attached hydrogen (secondary N) is 2. The van der Waals surface area contributed by atoms with Crippen molar-refractivity contribution < 1.29 is 4.79 Å². The molecule has 1 fully saturated rings. The van der Waals surface area contributed by atoms with Crippen molar-refractivity contribution in [3.05, 3.63) is 23.9 Å². The summed E-state index contributed by atoms with van der Waals surface area (Å²) < 4.78 is 0. The molecule has 1 aromatic rings. The van der Waals surface area contributed by atoms with E-state index in [0.717, 1.165) is 5.82 Å². The SMILES string of the molecule is CC(C)[C@H](C)NC(=O)c1ccnc(NC2CC2)c1. The van der Waals surface area contributed by atoms with E-state index in [1.165, 1.54) is 12.8 Å². The first-order valence-electron chi connectivity index (χ1n) is 6.59. The van der Waals surface area contributed by atoms with Crippen LogP contribution in [0.2, 0.25) is 0 Å². The molecule has 98 valence electrons. The summed E-state index contributed by atoms with van der Waals surface area (Å²) in [6, 6.07) is 4.29. The van der Waals surface area contributed by atoms with E-state index in [1.807, 2.05) is 13.0 Å². The lowest BCUT2D eigenvalue weighted by Gasteiger charge is -2.17. The lowest BCUT2D eigenvalue weighted by Crippen LogP contribution is -2.36. The maximum Gasteiger partial charge on any atom is 0.251 e. The molecule has 0 saturated heterocycles. The van der Waals surface area contributed by atoms with Crippen molar-refractivity contribution in [2.75, 3.05) is 5.32 Å². The predicted molar refractivity (Wildman–Crippen MR) is 72.6 cm³/mol. The Morgan fingerprint density at radius 1 is 1.39 bits per heavy atom. The summed E-state index contributed by atoms with van der Waals surface area (Å²) in [4.78, 5) is 16.3. The molecule has 4 heteroatoms. The zero-order chi connectivity index (χ0) is 13.1. The molecule has 1 saturated carbocycles. The van der Waals surface area contributed by atoms with E-state index >= 15 is 0 Å². The van der Waals surface area contributed by atoms with Crippen LogP contribution in [-0.4, -0.2) is 23.0 Å². The van der Waals surface area contributed by atoms with Crippen molar-refractivity contribution in [3.8, 4) is 0 Å². The van der Waals surface area contributed by atoms with Crippen LogP contribution in [0.15, 0.2) is 18.3 Å². The summed E-state index contributed by atoms with van der Waals surface area (Å²) in [6.45, 7) is 6.21. The van der Waals surface area contributed by atoms with Crippen LogP contribution in [0, 0.1) is 5.92 Å². The van der Waals surface area contributed by atoms with Crippen LogP contribution >= 0.6 is 0 Å². The lowest BCUT2D eigenvalue weighted by atomic mass is 10.1. The van der Waals surface area contributed by atoms with Gasteiger partial charge in [-0.2, -0.15) is 0 Å². The summed E-state index contributed by atoms with van der Waals surface area (Å²) in [5, 5.41) is 6.29. The van der Waals surface area contributed by atoms with Crippen molar-refractivity contribution in [2.24, 2.45) is 5.92 Å². The molecule has 0 aromatic carbocycles. The molecular formula is C14H21N3O. The molecule has 2 rings (SSSR count). The van der Waals surface area contributed by atoms with Gasteiger partial charge in [-0.05, 0) is 37.8 Å². The van der Waals surface area contributed by atoms with E-state index in [1.54, 1.807) is 12.3 Å². The Balaban J connectivity index is 2.00. The molecule has 1 aliphatic carbocycles. The first kappa shape index (κ1) is 12.9. The van der Waals surface area contributed by atoms with Gasteiger partial charge in [0.1, 0.15) is 5.82 Å². The molecule has 18 heavy (non-hydrogen) atoms. The summed E-state index contributed by atoms with van der Waals surface area (Å²) >= 11 is 0. The second kappa shape index (κ2) is 5.38. The van der Waals surface area contributed by atoms with Crippen molar-refractivity contribution in [1.29, 1.82) is 0 Å². The highest BCUT2D eigenvalue weighted by molar-refractivity contribution is 5.95. The molecule has 1 heterocycles. The van der Waals surface area contributed by atoms with Gasteiger partial charge in [0.15, 0.2) is 0 Å². The number of carbonyl (C=O) groups is 1. The highest BCUT2D eigenvalue weighted by atomic mass is 16.1. The third kappa shape index (κ3) is 3.45. The zero-order valence-electron chi connectivity index (χ0n) is 11.2. The van der Waals surface area contributed by atoms with Gasteiger partial charge in [0.25, 0.3) is 5.91 Å². The minimum Gasteiger partial charge on any atom is -0.367 e. The number of hydrogen-bond donors (Lipinski definition) is 2. The number of anilines is 1. The molecule has 0 spiro atoms. The Morgan fingerprint density at radius 2 is 2.11 bits per heavy atom. The first-order valence-corrected chi connectivity index (χ1v) is 6.59. The summed E-state index contributed by atoms with van der Waals surface area (Å²) in [6.07, 6.45) is 4.07. The second-order valence-corrected chi connectivity index (χ2v) is 5.35. The summed E-state index contributed by atoms with van der Waals surface area (Å²) in [5.74, 6) is 1.19. The molecule has 1 atom stereocenters. The molecule has 0 radical (unpaired) electrons. The minimum absolute atomic E-state index is 0.0301. The second-order valence-electron chi connectivity index (χ2n) is 5.35. The van der Waals surface area contributed by atoms with Crippen molar-refractivity contribution in [2.45, 2.75) is 45.7 Å². The molecule has 2 N–H and O–H groups in total. The largest absolute Gasteiger partial charge is 0.367 e. The summed E-state index contributed by atoms with van der Waals surface area (Å²) in [5.41, 5.74) is 0.667. The van der Waals surface area contributed by atoms with Gasteiger partial charge in [-0.3, -0.25) is 4.79 Å². The van der Waals surface area contributed by atoms with E-state index in [9.17, 15) is 4.79 Å². The van der Waals surface area contributed by atoms with Crippen LogP contribution in [0.5, 0.6) is 0 Å². The Labute approximate surface area is 108 Å². The van der Waals surface area contributed by atoms with Crippen molar-refractivity contribution in [1.82, 2.24) is 10.3 Å². The van der Waals surface area contributed by atoms with Crippen molar-refractivity contribution in [3.63, 3.8) is 0 Å². The minimum atomic E-state index is -0.0301. The van der Waals surface area contributed by atoms with Gasteiger partial charge in [-0.15, -0.1) is 0 Å². The lowest BCUT2D eigenvalue weighted by molar-refractivity contribution is 0.0930. The van der Waals surface area contributed by atoms with Crippen LogP contribution < -0.4 is 10.6 Å². The standard InChI is InChI=1S/C14H21N3O/c1-9(2)10(3)16-14(18)11-6-7-15-13(8-11)17-12-4-5-12/h6-10,12H,4-5H2,1-3H3,(H,15,17)(H,16,18)/t10-/m0/s1. The molecule has 1 aliphatic rings. The first-order chi connectivity index (χ1) is 8.56. The smallest absolute Gasteiger partial charge is 0.251 e. The molecule has 1 aromatic heterocycles. The molecule has 0 bridgehead atoms. The summed E-state index contributed by atoms with van der Waals surface area (Å²) in [7, 11) is 0. The molecular weight excluding hydrogens is 226 g/mol. The average molecular weight is 247 g/mol. The van der Waals surface area contributed by atoms with Gasteiger partial charge in [0.2, 0.25) is 0 Å². The quantitative estimate of drug-likeness (QED) is 0.840. The van der Waals surface area contributed by atoms with E-state index < -0.39 is 0 Å². The van der Waals surface area contributed by atoms with Crippen LogP contribution in [0.25, 0.3) is 0 Å². The molecule has 1 amide bonds. The maximum absolute atomic E-state index is 12.0. The monoisotopic (exact) mass is 247 g/mol. The van der Waals surface area contributed by atoms with Gasteiger partial charge >= 0.3 is 0 Å². The topological polar surface area (TPSA) is 54.0 Å². The van der Waals surface area contributed by atoms with Crippen LogP contribution in [0.3, 0.4) is 0 Å². The van der Waals surface area contributed by atoms with Gasteiger partial charge in [0, 0.05) is 23.8 Å². The van der Waals surface area contributed by atoms with Gasteiger partial charge < -0.3 is 10.6 Å². The van der Waals surface area contributed by atoms with Crippen LogP contribution in [0.4, 0.5) is 5.82 Å². The average Bonchev–Trinajstić information content (AvgIpc) is 3.13. The van der Waals surface area contributed by atoms with E-state index in [2.05, 4.69) is 29.5 Å². The van der Waals surface area contributed by atoms with Gasteiger partial charge in [-0.1, -0.05) is 13.8 Å². The van der Waals surface area contributed by atoms with Crippen LogP contribution in [0.1, 0.15) is 44.0 Å². The number of nitrogens with zero attached hydrogens (tertiary/aromatic N) is 1. The Hall–Kier alpha value is -1.58. The molecule has 0 unspecified atom stereocenters. The number of rotatable bonds is 5. The highest BCUT2D eigenvalue weighted by Gasteiger charge is 2.21. The fourth-order valence-corrected chi connectivity index (χ4v) is 1.54. The third-order valence-electron chi connectivity index (χ3n) is 3.31. The predicted octanol–water partition coefficient (Wildman–Crippen LogP) is 2.43. The maximum atomic E-state index is 12.0. The highest BCUT2D eigenvalue weighted by Crippen LogP contribution is 2.23. The normalized spacial score (nSPS) is 16.4. The van der Waals surface area contributed by atoms with Gasteiger partial charge in [-0.25, -0.2) is 4.98 Å². The molecule has 4 nitrogen and oxygen atoms in total. The number of carbonyl (C=O) groups excluding carboxylic acids is 1. The van der Waals surface area contributed by atoms with E-state index in [-0.39, 0.29) is 11.9 Å². The zero-order valence-corrected chi connectivity index (χ0v) is 11.2. The fourth-order valence-electron chi connectivity index (χ4n) is 1.54. The fraction of sp³-hybridized carbons (Fsp3) is 0.571. The number of amides is 1. The Kier molecular flexibility index (Phi) is 3.84. The third-order valence-corrected chi connectivity index (χ3v) is 3.31. The Morgan fingerprint density at radius 3 is 2.72 bits per heavy atom. The number of hydrogen-bond acceptors (Lipinski definition) is 3. The Bertz CT molecular complexity index is 427.